The van der Waals surface area contributed by atoms with Crippen LogP contribution in [-0.4, -0.2) is 55.5 Å². The summed E-state index contributed by atoms with van der Waals surface area (Å²) in [4.78, 5) is 0. The van der Waals surface area contributed by atoms with E-state index in [2.05, 4.69) is 0 Å². The first-order valence-electron chi connectivity index (χ1n) is 6.10. The summed E-state index contributed by atoms with van der Waals surface area (Å²) in [6.45, 7) is 6.68. The zero-order valence-corrected chi connectivity index (χ0v) is 11.6. The largest absolute Gasteiger partial charge is 0.393 e. The molecular weight excluding hydrogens is 242 g/mol. The summed E-state index contributed by atoms with van der Waals surface area (Å²) in [5.74, 6) is 0.0260. The third-order valence-corrected chi connectivity index (χ3v) is 4.81. The fourth-order valence-corrected chi connectivity index (χ4v) is 3.28. The normalized spacial score (nSPS) is 27.6. The van der Waals surface area contributed by atoms with Gasteiger partial charge in [0, 0.05) is 13.1 Å². The second kappa shape index (κ2) is 6.13. The molecule has 0 aromatic heterocycles. The summed E-state index contributed by atoms with van der Waals surface area (Å²) in [7, 11) is -3.24. The summed E-state index contributed by atoms with van der Waals surface area (Å²) in [5.41, 5.74) is 0. The van der Waals surface area contributed by atoms with Crippen molar-refractivity contribution in [3.8, 4) is 0 Å². The van der Waals surface area contributed by atoms with Gasteiger partial charge < -0.3 is 9.84 Å². The third-order valence-electron chi connectivity index (χ3n) is 3.01. The highest BCUT2D eigenvalue weighted by Gasteiger charge is 2.31. The minimum absolute atomic E-state index is 0.00421. The molecule has 0 radical (unpaired) electrons. The van der Waals surface area contributed by atoms with Crippen LogP contribution in [0.1, 0.15) is 27.2 Å². The fraction of sp³-hybridized carbons (Fsp3) is 1.00. The number of nitrogens with zero attached hydrogens (tertiary/aromatic N) is 1. The zero-order chi connectivity index (χ0) is 13.1. The lowest BCUT2D eigenvalue weighted by molar-refractivity contribution is 0.0617. The van der Waals surface area contributed by atoms with Crippen molar-refractivity contribution in [3.05, 3.63) is 0 Å². The van der Waals surface area contributed by atoms with Gasteiger partial charge in [-0.05, 0) is 26.2 Å². The Hall–Kier alpha value is -0.170. The molecule has 0 aromatic carbocycles. The molecule has 2 atom stereocenters. The first kappa shape index (κ1) is 14.9. The lowest BCUT2D eigenvalue weighted by Gasteiger charge is -2.33. The summed E-state index contributed by atoms with van der Waals surface area (Å²) < 4.78 is 30.7. The molecule has 1 aliphatic rings. The Morgan fingerprint density at radius 1 is 1.47 bits per heavy atom. The van der Waals surface area contributed by atoms with Crippen LogP contribution < -0.4 is 0 Å². The van der Waals surface area contributed by atoms with Crippen LogP contribution in [0, 0.1) is 5.92 Å². The number of rotatable bonds is 5. The molecule has 1 N–H and O–H groups in total. The summed E-state index contributed by atoms with van der Waals surface area (Å²) in [6, 6.07) is 0. The van der Waals surface area contributed by atoms with Crippen LogP contribution in [-0.2, 0) is 14.8 Å². The molecule has 1 aliphatic heterocycles. The molecular formula is C11H23NO4S. The maximum atomic E-state index is 12.0. The van der Waals surface area contributed by atoms with Gasteiger partial charge in [-0.15, -0.1) is 0 Å². The third kappa shape index (κ3) is 4.54. The van der Waals surface area contributed by atoms with Crippen LogP contribution in [0.2, 0.25) is 0 Å². The molecule has 0 aromatic rings. The monoisotopic (exact) mass is 265 g/mol. The number of sulfonamides is 1. The lowest BCUT2D eigenvalue weighted by atomic mass is 9.99. The molecule has 1 rings (SSSR count). The average molecular weight is 265 g/mol. The lowest BCUT2D eigenvalue weighted by Crippen LogP contribution is -2.46. The van der Waals surface area contributed by atoms with Crippen LogP contribution in [0.15, 0.2) is 0 Å². The van der Waals surface area contributed by atoms with E-state index in [-0.39, 0.29) is 30.5 Å². The van der Waals surface area contributed by atoms with Gasteiger partial charge in [-0.2, -0.15) is 0 Å². The van der Waals surface area contributed by atoms with Crippen molar-refractivity contribution in [2.75, 3.05) is 25.4 Å². The van der Waals surface area contributed by atoms with Crippen LogP contribution >= 0.6 is 0 Å². The number of aliphatic hydroxyl groups excluding tert-OH is 1. The molecule has 5 nitrogen and oxygen atoms in total. The second-order valence-corrected chi connectivity index (χ2v) is 7.02. The quantitative estimate of drug-likeness (QED) is 0.783. The van der Waals surface area contributed by atoms with Crippen molar-refractivity contribution in [1.82, 2.24) is 4.31 Å². The van der Waals surface area contributed by atoms with E-state index in [9.17, 15) is 13.5 Å². The van der Waals surface area contributed by atoms with Gasteiger partial charge in [0.2, 0.25) is 10.0 Å². The average Bonchev–Trinajstić information content (AvgIpc) is 2.21. The van der Waals surface area contributed by atoms with Gasteiger partial charge in [-0.3, -0.25) is 0 Å². The van der Waals surface area contributed by atoms with Gasteiger partial charge >= 0.3 is 0 Å². The van der Waals surface area contributed by atoms with Crippen LogP contribution in [0.5, 0.6) is 0 Å². The van der Waals surface area contributed by atoms with Crippen molar-refractivity contribution >= 4 is 10.0 Å². The van der Waals surface area contributed by atoms with E-state index < -0.39 is 10.0 Å². The molecule has 0 amide bonds. The molecule has 6 heteroatoms. The highest BCUT2D eigenvalue weighted by molar-refractivity contribution is 7.89. The van der Waals surface area contributed by atoms with Crippen molar-refractivity contribution in [2.24, 2.45) is 5.92 Å². The maximum absolute atomic E-state index is 12.0. The molecule has 0 spiro atoms. The minimum Gasteiger partial charge on any atom is -0.393 e. The minimum atomic E-state index is -3.24. The maximum Gasteiger partial charge on any atom is 0.216 e. The summed E-state index contributed by atoms with van der Waals surface area (Å²) in [6.07, 6.45) is 0.187. The predicted octanol–water partition coefficient (Wildman–Crippen LogP) is 0.444. The number of aliphatic hydroxyl groups is 1. The Labute approximate surface area is 104 Å². The van der Waals surface area contributed by atoms with Crippen LogP contribution in [0.25, 0.3) is 0 Å². The summed E-state index contributed by atoms with van der Waals surface area (Å²) >= 11 is 0. The van der Waals surface area contributed by atoms with Crippen molar-refractivity contribution < 1.29 is 18.3 Å². The highest BCUT2D eigenvalue weighted by atomic mass is 32.2. The van der Waals surface area contributed by atoms with Gasteiger partial charge in [0.25, 0.3) is 0 Å². The van der Waals surface area contributed by atoms with Gasteiger partial charge in [0.1, 0.15) is 0 Å². The molecule has 0 saturated carbocycles. The number of hydrogen-bond acceptors (Lipinski definition) is 4. The van der Waals surface area contributed by atoms with Gasteiger partial charge in [-0.25, -0.2) is 12.7 Å². The standard InChI is InChI=1S/C11H23NO4S/c1-9(2)16-6-7-17(14,15)12-5-4-11(13)10(3)8-12/h9-11,13H,4-8H2,1-3H3. The molecule has 0 aliphatic carbocycles. The smallest absolute Gasteiger partial charge is 0.216 e. The van der Waals surface area contributed by atoms with Crippen LogP contribution in [0.4, 0.5) is 0 Å². The molecule has 17 heavy (non-hydrogen) atoms. The summed E-state index contributed by atoms with van der Waals surface area (Å²) in [5, 5.41) is 9.56. The molecule has 0 bridgehead atoms. The first-order valence-corrected chi connectivity index (χ1v) is 7.71. The van der Waals surface area contributed by atoms with E-state index in [0.717, 1.165) is 0 Å². The van der Waals surface area contributed by atoms with Crippen LogP contribution in [0.3, 0.4) is 0 Å². The predicted molar refractivity (Wildman–Crippen MR) is 66.2 cm³/mol. The van der Waals surface area contributed by atoms with Gasteiger partial charge in [0.05, 0.1) is 24.6 Å². The number of hydrogen-bond donors (Lipinski definition) is 1. The van der Waals surface area contributed by atoms with Gasteiger partial charge in [-0.1, -0.05) is 6.92 Å². The topological polar surface area (TPSA) is 66.8 Å². The Bertz CT molecular complexity index is 328. The Morgan fingerprint density at radius 2 is 2.12 bits per heavy atom. The Balaban J connectivity index is 2.47. The van der Waals surface area contributed by atoms with E-state index in [1.165, 1.54) is 4.31 Å². The molecule has 2 unspecified atom stereocenters. The van der Waals surface area contributed by atoms with E-state index in [1.807, 2.05) is 20.8 Å². The van der Waals surface area contributed by atoms with E-state index in [4.69, 9.17) is 4.74 Å². The first-order chi connectivity index (χ1) is 7.83. The van der Waals surface area contributed by atoms with Crippen molar-refractivity contribution in [3.63, 3.8) is 0 Å². The second-order valence-electron chi connectivity index (χ2n) is 4.93. The Kier molecular flexibility index (Phi) is 5.37. The van der Waals surface area contributed by atoms with Gasteiger partial charge in [0.15, 0.2) is 0 Å². The van der Waals surface area contributed by atoms with E-state index in [0.29, 0.717) is 19.5 Å². The Morgan fingerprint density at radius 3 is 2.65 bits per heavy atom. The zero-order valence-electron chi connectivity index (χ0n) is 10.8. The molecule has 1 fully saturated rings. The van der Waals surface area contributed by atoms with Crippen molar-refractivity contribution in [1.29, 1.82) is 0 Å². The van der Waals surface area contributed by atoms with E-state index in [1.54, 1.807) is 0 Å². The molecule has 1 saturated heterocycles. The SMILES string of the molecule is CC(C)OCCS(=O)(=O)N1CCC(O)C(C)C1. The molecule has 102 valence electrons. The number of piperidine rings is 1. The fourth-order valence-electron chi connectivity index (χ4n) is 1.87. The van der Waals surface area contributed by atoms with E-state index >= 15 is 0 Å². The number of ether oxygens (including phenoxy) is 1. The van der Waals surface area contributed by atoms with Crippen molar-refractivity contribution in [2.45, 2.75) is 39.4 Å². The molecule has 1 heterocycles. The highest BCUT2D eigenvalue weighted by Crippen LogP contribution is 2.19.